The highest BCUT2D eigenvalue weighted by molar-refractivity contribution is 5.60. The van der Waals surface area contributed by atoms with E-state index in [-0.39, 0.29) is 0 Å². The van der Waals surface area contributed by atoms with E-state index in [1.807, 2.05) is 25.1 Å². The van der Waals surface area contributed by atoms with Gasteiger partial charge in [-0.05, 0) is 37.3 Å². The first kappa shape index (κ1) is 11.9. The Balaban J connectivity index is 1.99. The van der Waals surface area contributed by atoms with Gasteiger partial charge < -0.3 is 10.1 Å². The maximum absolute atomic E-state index is 9.12. The average molecular weight is 230 g/mol. The van der Waals surface area contributed by atoms with Crippen molar-refractivity contribution in [1.82, 2.24) is 0 Å². The van der Waals surface area contributed by atoms with Gasteiger partial charge in [0.25, 0.3) is 0 Å². The van der Waals surface area contributed by atoms with Gasteiger partial charge in [0.15, 0.2) is 0 Å². The molecule has 90 valence electrons. The third-order valence-corrected chi connectivity index (χ3v) is 3.22. The summed E-state index contributed by atoms with van der Waals surface area (Å²) in [7, 11) is 0. The SMILES string of the molecule is Cc1cccc(NCC2CCCOC2)c1C#N. The van der Waals surface area contributed by atoms with E-state index in [2.05, 4.69) is 11.4 Å². The van der Waals surface area contributed by atoms with Crippen molar-refractivity contribution < 1.29 is 4.74 Å². The summed E-state index contributed by atoms with van der Waals surface area (Å²) in [5.74, 6) is 0.566. The number of anilines is 1. The van der Waals surface area contributed by atoms with Crippen molar-refractivity contribution in [3.8, 4) is 6.07 Å². The predicted octanol–water partition coefficient (Wildman–Crippen LogP) is 2.71. The molecule has 1 aliphatic heterocycles. The molecule has 1 fully saturated rings. The monoisotopic (exact) mass is 230 g/mol. The number of benzene rings is 1. The van der Waals surface area contributed by atoms with E-state index in [1.165, 1.54) is 6.42 Å². The third-order valence-electron chi connectivity index (χ3n) is 3.22. The number of nitriles is 1. The van der Waals surface area contributed by atoms with Crippen LogP contribution in [0.1, 0.15) is 24.0 Å². The minimum Gasteiger partial charge on any atom is -0.384 e. The fourth-order valence-corrected chi connectivity index (χ4v) is 2.19. The maximum Gasteiger partial charge on any atom is 0.102 e. The molecule has 2 rings (SSSR count). The maximum atomic E-state index is 9.12. The molecule has 3 nitrogen and oxygen atoms in total. The first-order chi connectivity index (χ1) is 8.31. The Labute approximate surface area is 102 Å². The summed E-state index contributed by atoms with van der Waals surface area (Å²) in [5, 5.41) is 12.5. The molecule has 1 unspecified atom stereocenters. The number of aryl methyl sites for hydroxylation is 1. The average Bonchev–Trinajstić information content (AvgIpc) is 2.37. The Bertz CT molecular complexity index is 417. The lowest BCUT2D eigenvalue weighted by Gasteiger charge is -2.23. The fourth-order valence-electron chi connectivity index (χ4n) is 2.19. The molecule has 0 aliphatic carbocycles. The van der Waals surface area contributed by atoms with Crippen LogP contribution < -0.4 is 5.32 Å². The first-order valence-corrected chi connectivity index (χ1v) is 6.12. The van der Waals surface area contributed by atoms with E-state index < -0.39 is 0 Å². The standard InChI is InChI=1S/C14H18N2O/c1-11-4-2-6-14(13(11)8-15)16-9-12-5-3-7-17-10-12/h2,4,6,12,16H,3,5,7,9-10H2,1H3. The van der Waals surface area contributed by atoms with Gasteiger partial charge in [0.2, 0.25) is 0 Å². The lowest BCUT2D eigenvalue weighted by Crippen LogP contribution is -2.24. The molecule has 1 aromatic rings. The quantitative estimate of drug-likeness (QED) is 0.868. The Morgan fingerprint density at radius 3 is 3.12 bits per heavy atom. The van der Waals surface area contributed by atoms with E-state index in [1.54, 1.807) is 0 Å². The van der Waals surface area contributed by atoms with Crippen LogP contribution in [-0.2, 0) is 4.74 Å². The molecular weight excluding hydrogens is 212 g/mol. The van der Waals surface area contributed by atoms with Gasteiger partial charge in [0.05, 0.1) is 17.9 Å². The second kappa shape index (κ2) is 5.70. The van der Waals surface area contributed by atoms with Gasteiger partial charge in [-0.15, -0.1) is 0 Å². The Hall–Kier alpha value is -1.53. The third kappa shape index (κ3) is 2.98. The summed E-state index contributed by atoms with van der Waals surface area (Å²) in [6, 6.07) is 8.17. The summed E-state index contributed by atoms with van der Waals surface area (Å²) >= 11 is 0. The molecule has 17 heavy (non-hydrogen) atoms. The van der Waals surface area contributed by atoms with Gasteiger partial charge in [-0.2, -0.15) is 5.26 Å². The van der Waals surface area contributed by atoms with Crippen molar-refractivity contribution in [3.05, 3.63) is 29.3 Å². The van der Waals surface area contributed by atoms with Crippen LogP contribution in [-0.4, -0.2) is 19.8 Å². The number of nitrogens with one attached hydrogen (secondary N) is 1. The molecule has 1 aliphatic rings. The lowest BCUT2D eigenvalue weighted by atomic mass is 10.0. The lowest BCUT2D eigenvalue weighted by molar-refractivity contribution is 0.0595. The number of rotatable bonds is 3. The molecule has 0 aromatic heterocycles. The van der Waals surface area contributed by atoms with Crippen LogP contribution in [0.2, 0.25) is 0 Å². The van der Waals surface area contributed by atoms with Crippen LogP contribution in [0, 0.1) is 24.2 Å². The number of nitrogens with zero attached hydrogens (tertiary/aromatic N) is 1. The number of hydrogen-bond acceptors (Lipinski definition) is 3. The highest BCUT2D eigenvalue weighted by Crippen LogP contribution is 2.20. The van der Waals surface area contributed by atoms with Crippen LogP contribution in [0.4, 0.5) is 5.69 Å². The van der Waals surface area contributed by atoms with Crippen LogP contribution in [0.3, 0.4) is 0 Å². The Morgan fingerprint density at radius 1 is 1.53 bits per heavy atom. The van der Waals surface area contributed by atoms with E-state index in [4.69, 9.17) is 10.00 Å². The molecule has 0 radical (unpaired) electrons. The van der Waals surface area contributed by atoms with Gasteiger partial charge >= 0.3 is 0 Å². The molecule has 1 N–H and O–H groups in total. The minimum absolute atomic E-state index is 0.566. The van der Waals surface area contributed by atoms with Crippen molar-refractivity contribution in [2.75, 3.05) is 25.1 Å². The molecule has 0 saturated carbocycles. The summed E-state index contributed by atoms with van der Waals surface area (Å²) in [4.78, 5) is 0. The van der Waals surface area contributed by atoms with E-state index >= 15 is 0 Å². The fraction of sp³-hybridized carbons (Fsp3) is 0.500. The largest absolute Gasteiger partial charge is 0.384 e. The molecule has 1 heterocycles. The van der Waals surface area contributed by atoms with E-state index in [9.17, 15) is 0 Å². The zero-order valence-corrected chi connectivity index (χ0v) is 10.2. The van der Waals surface area contributed by atoms with Crippen molar-refractivity contribution >= 4 is 5.69 Å². The second-order valence-corrected chi connectivity index (χ2v) is 4.57. The van der Waals surface area contributed by atoms with Crippen molar-refractivity contribution in [2.24, 2.45) is 5.92 Å². The summed E-state index contributed by atoms with van der Waals surface area (Å²) < 4.78 is 5.45. The zero-order valence-electron chi connectivity index (χ0n) is 10.2. The molecule has 3 heteroatoms. The van der Waals surface area contributed by atoms with Gasteiger partial charge in [0.1, 0.15) is 6.07 Å². The van der Waals surface area contributed by atoms with Gasteiger partial charge in [-0.1, -0.05) is 12.1 Å². The second-order valence-electron chi connectivity index (χ2n) is 4.57. The minimum atomic E-state index is 0.566. The smallest absolute Gasteiger partial charge is 0.102 e. The number of hydrogen-bond donors (Lipinski definition) is 1. The van der Waals surface area contributed by atoms with Crippen LogP contribution in [0.5, 0.6) is 0 Å². The Kier molecular flexibility index (Phi) is 4.00. The molecule has 1 saturated heterocycles. The van der Waals surface area contributed by atoms with Gasteiger partial charge in [0, 0.05) is 13.2 Å². The van der Waals surface area contributed by atoms with E-state index in [0.29, 0.717) is 5.92 Å². The highest BCUT2D eigenvalue weighted by atomic mass is 16.5. The highest BCUT2D eigenvalue weighted by Gasteiger charge is 2.14. The topological polar surface area (TPSA) is 45.0 Å². The zero-order chi connectivity index (χ0) is 12.1. The van der Waals surface area contributed by atoms with Crippen molar-refractivity contribution in [3.63, 3.8) is 0 Å². The molecule has 1 atom stereocenters. The van der Waals surface area contributed by atoms with Crippen molar-refractivity contribution in [2.45, 2.75) is 19.8 Å². The van der Waals surface area contributed by atoms with Gasteiger partial charge in [-0.25, -0.2) is 0 Å². The number of ether oxygens (including phenoxy) is 1. The summed E-state index contributed by atoms with van der Waals surface area (Å²) in [5.41, 5.74) is 2.72. The molecule has 0 spiro atoms. The molecular formula is C14H18N2O. The van der Waals surface area contributed by atoms with Gasteiger partial charge in [-0.3, -0.25) is 0 Å². The summed E-state index contributed by atoms with van der Waals surface area (Å²) in [6.45, 7) is 4.58. The van der Waals surface area contributed by atoms with Crippen LogP contribution in [0.15, 0.2) is 18.2 Å². The van der Waals surface area contributed by atoms with Crippen LogP contribution >= 0.6 is 0 Å². The van der Waals surface area contributed by atoms with Crippen molar-refractivity contribution in [1.29, 1.82) is 5.26 Å². The molecule has 1 aromatic carbocycles. The van der Waals surface area contributed by atoms with E-state index in [0.717, 1.165) is 43.0 Å². The predicted molar refractivity (Wildman–Crippen MR) is 67.9 cm³/mol. The molecule has 0 bridgehead atoms. The summed E-state index contributed by atoms with van der Waals surface area (Å²) in [6.07, 6.45) is 2.35. The Morgan fingerprint density at radius 2 is 2.41 bits per heavy atom. The van der Waals surface area contributed by atoms with Crippen LogP contribution in [0.25, 0.3) is 0 Å². The molecule has 0 amide bonds. The normalized spacial score (nSPS) is 19.6. The first-order valence-electron chi connectivity index (χ1n) is 6.12.